The maximum absolute atomic E-state index is 16.1. The standard InChI is InChI=1S/C26H25ClFN5O2/c1-12-8-15-14(19-20(12)26(5-6-26)11-31-22(19)34)3-2-13-9-30-24(21(28)18(13)15)35-23-16-10-29-7-4-17(16)32-25(27)33-23/h9,12,29H,2-8,10-11H2,1H3,(H,31,34). The monoisotopic (exact) mass is 493 g/mol. The summed E-state index contributed by atoms with van der Waals surface area (Å²) in [5.74, 6) is -0.220. The highest BCUT2D eigenvalue weighted by molar-refractivity contribution is 6.28. The normalized spacial score (nSPS) is 23.9. The summed E-state index contributed by atoms with van der Waals surface area (Å²) in [6.45, 7) is 4.21. The van der Waals surface area contributed by atoms with E-state index in [0.717, 1.165) is 72.3 Å². The number of hydrogen-bond donors (Lipinski definition) is 2. The summed E-state index contributed by atoms with van der Waals surface area (Å²) in [6, 6.07) is 0. The largest absolute Gasteiger partial charge is 0.417 e. The fourth-order valence-corrected chi connectivity index (χ4v) is 6.69. The molecule has 180 valence electrons. The number of allylic oxidation sites excluding steroid dienone is 1. The Hall–Kier alpha value is -2.84. The zero-order valence-electron chi connectivity index (χ0n) is 19.4. The highest BCUT2D eigenvalue weighted by atomic mass is 35.5. The Morgan fingerprint density at radius 3 is 2.86 bits per heavy atom. The summed E-state index contributed by atoms with van der Waals surface area (Å²) in [6.07, 6.45) is 6.71. The summed E-state index contributed by atoms with van der Waals surface area (Å²) in [7, 11) is 0. The van der Waals surface area contributed by atoms with Crippen molar-refractivity contribution < 1.29 is 13.9 Å². The van der Waals surface area contributed by atoms with E-state index in [1.54, 1.807) is 6.20 Å². The lowest BCUT2D eigenvalue weighted by molar-refractivity contribution is -0.118. The summed E-state index contributed by atoms with van der Waals surface area (Å²) in [5.41, 5.74) is 7.10. The van der Waals surface area contributed by atoms with Crippen LogP contribution in [0.15, 0.2) is 22.9 Å². The Bertz CT molecular complexity index is 1380. The van der Waals surface area contributed by atoms with E-state index < -0.39 is 5.82 Å². The van der Waals surface area contributed by atoms with Gasteiger partial charge in [0.25, 0.3) is 11.8 Å². The molecule has 9 heteroatoms. The molecule has 0 saturated heterocycles. The van der Waals surface area contributed by atoms with Crippen molar-refractivity contribution in [2.45, 2.75) is 52.0 Å². The Morgan fingerprint density at radius 2 is 2.03 bits per heavy atom. The second kappa shape index (κ2) is 7.58. The molecule has 4 heterocycles. The maximum atomic E-state index is 16.1. The van der Waals surface area contributed by atoms with Crippen LogP contribution in [0.25, 0.3) is 5.57 Å². The van der Waals surface area contributed by atoms with Gasteiger partial charge in [-0.15, -0.1) is 0 Å². The lowest BCUT2D eigenvalue weighted by atomic mass is 9.67. The van der Waals surface area contributed by atoms with Crippen molar-refractivity contribution in [1.82, 2.24) is 25.6 Å². The molecular formula is C26H25ClFN5O2. The van der Waals surface area contributed by atoms with E-state index in [9.17, 15) is 4.79 Å². The van der Waals surface area contributed by atoms with Crippen molar-refractivity contribution in [2.24, 2.45) is 11.3 Å². The third-order valence-corrected chi connectivity index (χ3v) is 8.42. The maximum Gasteiger partial charge on any atom is 0.258 e. The van der Waals surface area contributed by atoms with Gasteiger partial charge in [-0.1, -0.05) is 6.92 Å². The number of pyridine rings is 1. The molecule has 2 aromatic heterocycles. The quantitative estimate of drug-likeness (QED) is 0.614. The summed E-state index contributed by atoms with van der Waals surface area (Å²) in [5, 5.41) is 6.45. The number of amides is 1. The van der Waals surface area contributed by atoms with Crippen LogP contribution < -0.4 is 15.4 Å². The van der Waals surface area contributed by atoms with Gasteiger partial charge in [-0.3, -0.25) is 4.79 Å². The first-order chi connectivity index (χ1) is 16.9. The van der Waals surface area contributed by atoms with Gasteiger partial charge in [0, 0.05) is 48.8 Å². The van der Waals surface area contributed by atoms with Crippen LogP contribution in [0.2, 0.25) is 5.28 Å². The molecule has 2 N–H and O–H groups in total. The van der Waals surface area contributed by atoms with Gasteiger partial charge in [-0.25, -0.2) is 14.4 Å². The molecule has 1 unspecified atom stereocenters. The van der Waals surface area contributed by atoms with Crippen molar-refractivity contribution >= 4 is 23.1 Å². The third kappa shape index (κ3) is 3.19. The number of nitrogens with zero attached hydrogens (tertiary/aromatic N) is 3. The molecule has 7 rings (SSSR count). The van der Waals surface area contributed by atoms with E-state index in [2.05, 4.69) is 32.5 Å². The van der Waals surface area contributed by atoms with Crippen LogP contribution in [0, 0.1) is 17.2 Å². The van der Waals surface area contributed by atoms with Gasteiger partial charge in [-0.2, -0.15) is 4.98 Å². The molecule has 5 aliphatic rings. The number of carbonyl (C=O) groups is 1. The molecule has 1 fully saturated rings. The van der Waals surface area contributed by atoms with E-state index in [4.69, 9.17) is 16.3 Å². The van der Waals surface area contributed by atoms with Gasteiger partial charge in [0.15, 0.2) is 5.82 Å². The minimum Gasteiger partial charge on any atom is -0.417 e. The van der Waals surface area contributed by atoms with Crippen LogP contribution >= 0.6 is 11.6 Å². The molecule has 3 aliphatic carbocycles. The zero-order valence-corrected chi connectivity index (χ0v) is 20.2. The Kier molecular flexibility index (Phi) is 4.64. The van der Waals surface area contributed by atoms with Gasteiger partial charge in [0.2, 0.25) is 11.2 Å². The van der Waals surface area contributed by atoms with E-state index in [-0.39, 0.29) is 34.3 Å². The Balaban J connectivity index is 1.34. The smallest absolute Gasteiger partial charge is 0.258 e. The number of halogens is 2. The second-order valence-corrected chi connectivity index (χ2v) is 10.7. The minimum atomic E-state index is -0.504. The number of aryl methyl sites for hydroxylation is 1. The molecule has 1 atom stereocenters. The van der Waals surface area contributed by atoms with E-state index in [0.29, 0.717) is 24.9 Å². The number of hydrogen-bond acceptors (Lipinski definition) is 6. The molecule has 7 nitrogen and oxygen atoms in total. The molecule has 0 aromatic carbocycles. The lowest BCUT2D eigenvalue weighted by Gasteiger charge is -2.40. The van der Waals surface area contributed by atoms with Gasteiger partial charge in [0.05, 0.1) is 11.3 Å². The first-order valence-electron chi connectivity index (χ1n) is 12.3. The summed E-state index contributed by atoms with van der Waals surface area (Å²) >= 11 is 6.13. The van der Waals surface area contributed by atoms with Gasteiger partial charge in [0.1, 0.15) is 0 Å². The molecular weight excluding hydrogens is 469 g/mol. The van der Waals surface area contributed by atoms with E-state index >= 15 is 4.39 Å². The van der Waals surface area contributed by atoms with E-state index in [1.807, 2.05) is 0 Å². The first-order valence-corrected chi connectivity index (χ1v) is 12.7. The molecule has 1 saturated carbocycles. The molecule has 35 heavy (non-hydrogen) atoms. The van der Waals surface area contributed by atoms with Crippen LogP contribution in [-0.4, -0.2) is 33.9 Å². The molecule has 0 radical (unpaired) electrons. The van der Waals surface area contributed by atoms with Crippen LogP contribution in [0.1, 0.15) is 55.0 Å². The van der Waals surface area contributed by atoms with Gasteiger partial charge < -0.3 is 15.4 Å². The second-order valence-electron chi connectivity index (χ2n) is 10.3. The Labute approximate surface area is 207 Å². The van der Waals surface area contributed by atoms with Crippen molar-refractivity contribution in [3.05, 3.63) is 56.4 Å². The predicted octanol–water partition coefficient (Wildman–Crippen LogP) is 4.05. The van der Waals surface area contributed by atoms with Crippen molar-refractivity contribution in [3.63, 3.8) is 0 Å². The number of fused-ring (bicyclic) bond motifs is 5. The Morgan fingerprint density at radius 1 is 1.17 bits per heavy atom. The number of ether oxygens (including phenoxy) is 1. The minimum absolute atomic E-state index is 0.0132. The molecule has 2 aliphatic heterocycles. The summed E-state index contributed by atoms with van der Waals surface area (Å²) < 4.78 is 22.1. The molecule has 0 bridgehead atoms. The molecule has 1 spiro atoms. The van der Waals surface area contributed by atoms with Crippen LogP contribution in [0.3, 0.4) is 0 Å². The number of rotatable bonds is 2. The highest BCUT2D eigenvalue weighted by Gasteiger charge is 2.54. The predicted molar refractivity (Wildman–Crippen MR) is 127 cm³/mol. The number of aromatic nitrogens is 3. The lowest BCUT2D eigenvalue weighted by Crippen LogP contribution is -2.42. The zero-order chi connectivity index (χ0) is 23.9. The average molecular weight is 494 g/mol. The third-order valence-electron chi connectivity index (χ3n) is 8.25. The van der Waals surface area contributed by atoms with Crippen LogP contribution in [0.5, 0.6) is 11.8 Å². The van der Waals surface area contributed by atoms with Gasteiger partial charge in [-0.05, 0) is 71.9 Å². The van der Waals surface area contributed by atoms with Crippen molar-refractivity contribution in [3.8, 4) is 11.8 Å². The van der Waals surface area contributed by atoms with Crippen LogP contribution in [0.4, 0.5) is 4.39 Å². The molecule has 1 amide bonds. The fourth-order valence-electron chi connectivity index (χ4n) is 6.51. The van der Waals surface area contributed by atoms with Crippen LogP contribution in [-0.2, 0) is 24.2 Å². The SMILES string of the molecule is CC1CC2=C(CCc3cnc(Oc4nc(Cl)nc5c4CNCC5)c(F)c32)C2=C1C1(CC1)CNC2=O. The van der Waals surface area contributed by atoms with Crippen molar-refractivity contribution in [2.75, 3.05) is 13.1 Å². The van der Waals surface area contributed by atoms with Gasteiger partial charge >= 0.3 is 0 Å². The first kappa shape index (κ1) is 21.4. The van der Waals surface area contributed by atoms with Crippen molar-refractivity contribution in [1.29, 1.82) is 0 Å². The number of carbonyl (C=O) groups excluding carboxylic acids is 1. The topological polar surface area (TPSA) is 89.0 Å². The summed E-state index contributed by atoms with van der Waals surface area (Å²) in [4.78, 5) is 25.9. The highest BCUT2D eigenvalue weighted by Crippen LogP contribution is 2.61. The van der Waals surface area contributed by atoms with E-state index in [1.165, 1.54) is 5.57 Å². The average Bonchev–Trinajstić information content (AvgIpc) is 3.62. The number of nitrogens with one attached hydrogen (secondary N) is 2. The molecule has 2 aromatic rings. The fraction of sp³-hybridized carbons (Fsp3) is 0.462.